The monoisotopic (exact) mass is 264 g/mol. The number of fused-ring (bicyclic) bond motifs is 1. The molecule has 1 heterocycles. The van der Waals surface area contributed by atoms with Gasteiger partial charge in [-0.2, -0.15) is 0 Å². The molecule has 2 rings (SSSR count). The maximum absolute atomic E-state index is 11.6. The average molecular weight is 264 g/mol. The molecular weight excluding hydrogens is 248 g/mol. The minimum absolute atomic E-state index is 0.0423. The highest BCUT2D eigenvalue weighted by molar-refractivity contribution is 6.02. The van der Waals surface area contributed by atoms with E-state index in [1.165, 1.54) is 0 Å². The van der Waals surface area contributed by atoms with E-state index in [2.05, 4.69) is 5.43 Å². The Kier molecular flexibility index (Phi) is 3.71. The summed E-state index contributed by atoms with van der Waals surface area (Å²) >= 11 is 0. The Labute approximate surface area is 110 Å². The number of carbonyl (C=O) groups is 2. The Morgan fingerprint density at radius 1 is 1.47 bits per heavy atom. The molecule has 6 nitrogen and oxygen atoms in total. The molecule has 1 aromatic rings. The maximum Gasteiger partial charge on any atom is 0.275 e. The molecule has 3 N–H and O–H groups in total. The largest absolute Gasteiger partial charge is 0.485 e. The summed E-state index contributed by atoms with van der Waals surface area (Å²) < 4.78 is 10.8. The normalized spacial score (nSPS) is 14.8. The van der Waals surface area contributed by atoms with Crippen LogP contribution in [0.5, 0.6) is 11.5 Å². The Balaban J connectivity index is 2.19. The van der Waals surface area contributed by atoms with E-state index in [1.54, 1.807) is 18.2 Å². The summed E-state index contributed by atoms with van der Waals surface area (Å²) in [6, 6.07) is 4.89. The van der Waals surface area contributed by atoms with Gasteiger partial charge in [0.1, 0.15) is 11.5 Å². The second-order valence-electron chi connectivity index (χ2n) is 4.66. The molecule has 0 saturated heterocycles. The van der Waals surface area contributed by atoms with Crippen LogP contribution in [-0.4, -0.2) is 24.4 Å². The molecule has 19 heavy (non-hydrogen) atoms. The predicted octanol–water partition coefficient (Wildman–Crippen LogP) is 0.655. The smallest absolute Gasteiger partial charge is 0.275 e. The fraction of sp³-hybridized carbons (Fsp3) is 0.385. The summed E-state index contributed by atoms with van der Waals surface area (Å²) in [4.78, 5) is 23.0. The van der Waals surface area contributed by atoms with Crippen LogP contribution in [0, 0.1) is 5.92 Å². The number of ether oxygens (including phenoxy) is 2. The van der Waals surface area contributed by atoms with Crippen molar-refractivity contribution in [2.45, 2.75) is 20.0 Å². The van der Waals surface area contributed by atoms with Gasteiger partial charge in [-0.05, 0) is 18.1 Å². The van der Waals surface area contributed by atoms with Crippen LogP contribution in [-0.2, 0) is 4.79 Å². The average Bonchev–Trinajstić information content (AvgIpc) is 2.76. The maximum atomic E-state index is 11.6. The third-order valence-electron chi connectivity index (χ3n) is 2.88. The van der Waals surface area contributed by atoms with Crippen LogP contribution in [0.2, 0.25) is 0 Å². The second kappa shape index (κ2) is 5.27. The minimum atomic E-state index is -0.694. The van der Waals surface area contributed by atoms with Gasteiger partial charge in [-0.15, -0.1) is 0 Å². The first kappa shape index (κ1) is 13.4. The van der Waals surface area contributed by atoms with Crippen molar-refractivity contribution in [3.05, 3.63) is 23.8 Å². The summed E-state index contributed by atoms with van der Waals surface area (Å²) in [5.41, 5.74) is 2.62. The van der Waals surface area contributed by atoms with Crippen molar-refractivity contribution in [2.75, 3.05) is 6.61 Å². The Hall–Kier alpha value is -2.08. The highest BCUT2D eigenvalue weighted by Gasteiger charge is 2.26. The van der Waals surface area contributed by atoms with E-state index in [-0.39, 0.29) is 18.3 Å². The van der Waals surface area contributed by atoms with Crippen molar-refractivity contribution >= 4 is 11.7 Å². The number of carbonyl (C=O) groups excluding carboxylic acids is 2. The topological polar surface area (TPSA) is 90.6 Å². The number of Topliss-reactive ketones (excluding diaryl/α,β-unsaturated/α-hetero) is 1. The van der Waals surface area contributed by atoms with Gasteiger partial charge in [0.15, 0.2) is 12.7 Å². The van der Waals surface area contributed by atoms with Crippen LogP contribution >= 0.6 is 0 Å². The first-order chi connectivity index (χ1) is 9.02. The summed E-state index contributed by atoms with van der Waals surface area (Å²) in [6.45, 7) is 3.76. The Bertz CT molecular complexity index is 513. The van der Waals surface area contributed by atoms with E-state index in [4.69, 9.17) is 15.3 Å². The molecule has 0 aromatic heterocycles. The molecule has 0 aliphatic carbocycles. The van der Waals surface area contributed by atoms with Crippen LogP contribution in [0.1, 0.15) is 24.2 Å². The Morgan fingerprint density at radius 3 is 2.84 bits per heavy atom. The number of hydrogen-bond acceptors (Lipinski definition) is 5. The van der Waals surface area contributed by atoms with E-state index < -0.39 is 12.0 Å². The number of rotatable bonds is 4. The van der Waals surface area contributed by atoms with Crippen molar-refractivity contribution in [1.82, 2.24) is 5.43 Å². The van der Waals surface area contributed by atoms with Gasteiger partial charge < -0.3 is 9.47 Å². The standard InChI is InChI=1S/C13H16N2O4/c1-7(2)12(13(17)15-14)19-8-3-4-9-10(16)6-18-11(9)5-8/h3-5,7,12H,6,14H2,1-2H3,(H,15,17). The molecular formula is C13H16N2O4. The van der Waals surface area contributed by atoms with Gasteiger partial charge in [-0.25, -0.2) is 5.84 Å². The first-order valence-corrected chi connectivity index (χ1v) is 6.00. The van der Waals surface area contributed by atoms with Gasteiger partial charge >= 0.3 is 0 Å². The Morgan fingerprint density at radius 2 is 2.21 bits per heavy atom. The van der Waals surface area contributed by atoms with E-state index >= 15 is 0 Å². The van der Waals surface area contributed by atoms with Crippen molar-refractivity contribution in [3.8, 4) is 11.5 Å². The lowest BCUT2D eigenvalue weighted by molar-refractivity contribution is -0.129. The van der Waals surface area contributed by atoms with Crippen LogP contribution in [0.25, 0.3) is 0 Å². The van der Waals surface area contributed by atoms with E-state index in [9.17, 15) is 9.59 Å². The number of hydrogen-bond donors (Lipinski definition) is 2. The molecule has 1 amide bonds. The van der Waals surface area contributed by atoms with Crippen LogP contribution in [0.4, 0.5) is 0 Å². The second-order valence-corrected chi connectivity index (χ2v) is 4.66. The highest BCUT2D eigenvalue weighted by Crippen LogP contribution is 2.30. The molecule has 0 spiro atoms. The zero-order valence-corrected chi connectivity index (χ0v) is 10.8. The summed E-state index contributed by atoms with van der Waals surface area (Å²) in [7, 11) is 0. The predicted molar refractivity (Wildman–Crippen MR) is 67.9 cm³/mol. The van der Waals surface area contributed by atoms with Crippen molar-refractivity contribution < 1.29 is 19.1 Å². The molecule has 1 aliphatic rings. The van der Waals surface area contributed by atoms with Gasteiger partial charge in [0, 0.05) is 6.07 Å². The molecule has 1 aromatic carbocycles. The highest BCUT2D eigenvalue weighted by atomic mass is 16.5. The lowest BCUT2D eigenvalue weighted by atomic mass is 10.1. The third-order valence-corrected chi connectivity index (χ3v) is 2.88. The van der Waals surface area contributed by atoms with E-state index in [0.717, 1.165) is 0 Å². The lowest BCUT2D eigenvalue weighted by Gasteiger charge is -2.20. The van der Waals surface area contributed by atoms with Crippen molar-refractivity contribution in [3.63, 3.8) is 0 Å². The number of nitrogens with one attached hydrogen (secondary N) is 1. The molecule has 0 bridgehead atoms. The van der Waals surface area contributed by atoms with Gasteiger partial charge in [0.25, 0.3) is 5.91 Å². The van der Waals surface area contributed by atoms with Gasteiger partial charge in [0.05, 0.1) is 5.56 Å². The van der Waals surface area contributed by atoms with Gasteiger partial charge in [-0.3, -0.25) is 15.0 Å². The molecule has 102 valence electrons. The quantitative estimate of drug-likeness (QED) is 0.473. The van der Waals surface area contributed by atoms with Crippen molar-refractivity contribution in [1.29, 1.82) is 0 Å². The number of benzene rings is 1. The zero-order chi connectivity index (χ0) is 14.0. The van der Waals surface area contributed by atoms with E-state index in [1.807, 2.05) is 13.8 Å². The molecule has 1 unspecified atom stereocenters. The number of hydrazine groups is 1. The first-order valence-electron chi connectivity index (χ1n) is 6.00. The van der Waals surface area contributed by atoms with E-state index in [0.29, 0.717) is 17.1 Å². The molecule has 1 atom stereocenters. The molecule has 1 aliphatic heterocycles. The number of ketones is 1. The molecule has 0 fully saturated rings. The summed E-state index contributed by atoms with van der Waals surface area (Å²) in [5.74, 6) is 5.58. The fourth-order valence-corrected chi connectivity index (χ4v) is 1.87. The molecule has 6 heteroatoms. The third kappa shape index (κ3) is 2.68. The van der Waals surface area contributed by atoms with Crippen LogP contribution in [0.15, 0.2) is 18.2 Å². The zero-order valence-electron chi connectivity index (χ0n) is 10.8. The van der Waals surface area contributed by atoms with Crippen LogP contribution in [0.3, 0.4) is 0 Å². The molecule has 0 saturated carbocycles. The number of amides is 1. The van der Waals surface area contributed by atoms with Gasteiger partial charge in [-0.1, -0.05) is 13.8 Å². The fourth-order valence-electron chi connectivity index (χ4n) is 1.87. The molecule has 0 radical (unpaired) electrons. The van der Waals surface area contributed by atoms with Crippen molar-refractivity contribution in [2.24, 2.45) is 11.8 Å². The van der Waals surface area contributed by atoms with Crippen LogP contribution < -0.4 is 20.7 Å². The lowest BCUT2D eigenvalue weighted by Crippen LogP contribution is -2.44. The van der Waals surface area contributed by atoms with Gasteiger partial charge in [0.2, 0.25) is 5.78 Å². The summed E-state index contributed by atoms with van der Waals surface area (Å²) in [5, 5.41) is 0. The SMILES string of the molecule is CC(C)C(Oc1ccc2c(c1)OCC2=O)C(=O)NN. The summed E-state index contributed by atoms with van der Waals surface area (Å²) in [6.07, 6.45) is -0.694. The number of nitrogens with two attached hydrogens (primary N) is 1. The minimum Gasteiger partial charge on any atom is -0.485 e.